The van der Waals surface area contributed by atoms with Crippen LogP contribution in [0.15, 0.2) is 60.7 Å². The van der Waals surface area contributed by atoms with Gasteiger partial charge in [-0.3, -0.25) is 0 Å². The summed E-state index contributed by atoms with van der Waals surface area (Å²) in [6, 6.07) is 21.2. The van der Waals surface area contributed by atoms with E-state index in [1.807, 2.05) is 0 Å². The zero-order valence-electron chi connectivity index (χ0n) is 13.4. The van der Waals surface area contributed by atoms with Gasteiger partial charge >= 0.3 is 71.5 Å². The molecule has 0 aliphatic rings. The van der Waals surface area contributed by atoms with E-state index in [1.54, 1.807) is 0 Å². The van der Waals surface area contributed by atoms with Gasteiger partial charge in [0.05, 0.1) is 0 Å². The second-order valence-electron chi connectivity index (χ2n) is 5.10. The van der Waals surface area contributed by atoms with E-state index in [4.69, 9.17) is 0 Å². The molecule has 0 saturated carbocycles. The average molecular weight is 412 g/mol. The van der Waals surface area contributed by atoms with Gasteiger partial charge in [0.25, 0.3) is 0 Å². The van der Waals surface area contributed by atoms with Crippen molar-refractivity contribution in [1.29, 1.82) is 0 Å². The van der Waals surface area contributed by atoms with E-state index >= 15 is 0 Å². The van der Waals surface area contributed by atoms with Crippen LogP contribution in [0.25, 0.3) is 0 Å². The van der Waals surface area contributed by atoms with Crippen LogP contribution in [0.3, 0.4) is 0 Å². The molecule has 0 fully saturated rings. The summed E-state index contributed by atoms with van der Waals surface area (Å²) in [5.41, 5.74) is 2.83. The predicted molar refractivity (Wildman–Crippen MR) is 87.9 cm³/mol. The van der Waals surface area contributed by atoms with E-state index < -0.39 is 23.2 Å². The number of nitrogens with one attached hydrogen (secondary N) is 2. The van der Waals surface area contributed by atoms with Crippen LogP contribution in [-0.2, 0) is 36.1 Å². The number of hydrogen-bond acceptors (Lipinski definition) is 6. The number of aryl methyl sites for hydroxylation is 2. The molecule has 0 radical (unpaired) electrons. The fourth-order valence-electron chi connectivity index (χ4n) is 2.11. The Hall–Kier alpha value is -2.54. The summed E-state index contributed by atoms with van der Waals surface area (Å²) in [5, 5.41) is 26.6. The van der Waals surface area contributed by atoms with Gasteiger partial charge in [0.2, 0.25) is 0 Å². The Balaban J connectivity index is 0.000000150. The standard InChI is InChI=1S/C14H14.2CHN4.Zr/c1-3-7-13(8-4-1)11-12-14-9-5-2-6-10-14;2*1-2-4-5-3-1;/h1-10H,11-12H2;2*(H,2,3,4,5);. The number of tetrazole rings is 2. The van der Waals surface area contributed by atoms with E-state index in [1.165, 1.54) is 11.1 Å². The molecule has 0 saturated heterocycles. The molecule has 0 spiro atoms. The first-order valence-electron chi connectivity index (χ1n) is 7.72. The third-order valence-corrected chi connectivity index (χ3v) is 5.52. The Morgan fingerprint density at radius 2 is 1.08 bits per heavy atom. The molecule has 25 heavy (non-hydrogen) atoms. The van der Waals surface area contributed by atoms with Crippen molar-refractivity contribution in [3.8, 4) is 0 Å². The summed E-state index contributed by atoms with van der Waals surface area (Å²) in [6.07, 6.45) is 2.26. The van der Waals surface area contributed by atoms with Gasteiger partial charge in [0.15, 0.2) is 0 Å². The van der Waals surface area contributed by atoms with Crippen LogP contribution < -0.4 is 7.06 Å². The van der Waals surface area contributed by atoms with Crippen LogP contribution in [0.5, 0.6) is 0 Å². The number of H-pyrrole nitrogens is 2. The van der Waals surface area contributed by atoms with E-state index in [0.717, 1.165) is 19.9 Å². The van der Waals surface area contributed by atoms with Gasteiger partial charge in [0.1, 0.15) is 0 Å². The van der Waals surface area contributed by atoms with Crippen molar-refractivity contribution in [3.63, 3.8) is 0 Å². The minimum absolute atomic E-state index is 0.798. The zero-order chi connectivity index (χ0) is 17.2. The monoisotopic (exact) mass is 410 g/mol. The number of rotatable bonds is 5. The number of aromatic nitrogens is 8. The Morgan fingerprint density at radius 3 is 1.44 bits per heavy atom. The van der Waals surface area contributed by atoms with Crippen LogP contribution in [-0.4, -0.2) is 41.2 Å². The minimum atomic E-state index is -1.01. The van der Waals surface area contributed by atoms with E-state index in [0.29, 0.717) is 0 Å². The first-order valence-corrected chi connectivity index (χ1v) is 10.2. The summed E-state index contributed by atoms with van der Waals surface area (Å²) >= 11 is -1.01. The van der Waals surface area contributed by atoms with E-state index in [-0.39, 0.29) is 0 Å². The van der Waals surface area contributed by atoms with Gasteiger partial charge in [-0.1, -0.05) is 60.7 Å². The van der Waals surface area contributed by atoms with Crippen LogP contribution in [0.1, 0.15) is 11.1 Å². The third-order valence-electron chi connectivity index (χ3n) is 3.32. The first-order chi connectivity index (χ1) is 12.4. The Kier molecular flexibility index (Phi) is 6.70. The summed E-state index contributed by atoms with van der Waals surface area (Å²) in [5.74, 6) is 0. The number of aromatic amines is 2. The predicted octanol–water partition coefficient (Wildman–Crippen LogP) is 0.218. The van der Waals surface area contributed by atoms with Gasteiger partial charge in [-0.2, -0.15) is 0 Å². The Labute approximate surface area is 156 Å². The van der Waals surface area contributed by atoms with E-state index in [9.17, 15) is 0 Å². The normalized spacial score (nSPS) is 9.92. The molecular weight excluding hydrogens is 395 g/mol. The summed E-state index contributed by atoms with van der Waals surface area (Å²) in [4.78, 5) is 0. The third kappa shape index (κ3) is 6.12. The maximum atomic E-state index is 3.73. The molecule has 0 aliphatic carbocycles. The number of hydrogen-bond donors (Lipinski definition) is 2. The SMILES string of the molecule is c1ccc(CCc2ccccc2)cc1.n1n[nH][c]([Zr][c]2nnn[nH]2)n1. The topological polar surface area (TPSA) is 109 Å². The van der Waals surface area contributed by atoms with Crippen LogP contribution in [0, 0.1) is 0 Å². The van der Waals surface area contributed by atoms with Crippen molar-refractivity contribution in [1.82, 2.24) is 41.2 Å². The fraction of sp³-hybridized carbons (Fsp3) is 0.125. The molecule has 0 aliphatic heterocycles. The fourth-order valence-corrected chi connectivity index (χ4v) is 3.65. The second-order valence-corrected chi connectivity index (χ2v) is 8.04. The first kappa shape index (κ1) is 17.3. The molecular formula is C16H16N8Zr. The Bertz CT molecular complexity index is 747. The number of benzene rings is 2. The summed E-state index contributed by atoms with van der Waals surface area (Å²) < 4.78 is 1.60. The van der Waals surface area contributed by atoms with Gasteiger partial charge < -0.3 is 0 Å². The molecule has 2 heterocycles. The van der Waals surface area contributed by atoms with Crippen LogP contribution >= 0.6 is 0 Å². The van der Waals surface area contributed by atoms with E-state index in [2.05, 4.69) is 102 Å². The number of nitrogens with zero attached hydrogens (tertiary/aromatic N) is 6. The molecule has 0 bridgehead atoms. The molecule has 124 valence electrons. The van der Waals surface area contributed by atoms with Crippen molar-refractivity contribution in [3.05, 3.63) is 71.8 Å². The van der Waals surface area contributed by atoms with Gasteiger partial charge in [-0.25, -0.2) is 0 Å². The second kappa shape index (κ2) is 9.68. The van der Waals surface area contributed by atoms with Crippen molar-refractivity contribution in [2.75, 3.05) is 0 Å². The van der Waals surface area contributed by atoms with Gasteiger partial charge in [0, 0.05) is 0 Å². The molecule has 0 atom stereocenters. The average Bonchev–Trinajstić information content (AvgIpc) is 3.37. The van der Waals surface area contributed by atoms with Crippen molar-refractivity contribution >= 4 is 7.06 Å². The van der Waals surface area contributed by atoms with Gasteiger partial charge in [-0.05, 0) is 24.0 Å². The van der Waals surface area contributed by atoms with Gasteiger partial charge in [-0.15, -0.1) is 0 Å². The van der Waals surface area contributed by atoms with Crippen LogP contribution in [0.4, 0.5) is 0 Å². The summed E-state index contributed by atoms with van der Waals surface area (Å²) in [6.45, 7) is 0. The van der Waals surface area contributed by atoms with Crippen molar-refractivity contribution in [2.24, 2.45) is 0 Å². The molecule has 2 aromatic heterocycles. The molecule has 9 heteroatoms. The van der Waals surface area contributed by atoms with Crippen LogP contribution in [0.2, 0.25) is 0 Å². The molecule has 4 aromatic rings. The maximum absolute atomic E-state index is 3.73. The zero-order valence-corrected chi connectivity index (χ0v) is 15.8. The molecule has 4 rings (SSSR count). The van der Waals surface area contributed by atoms with Crippen molar-refractivity contribution in [2.45, 2.75) is 12.8 Å². The molecule has 2 N–H and O–H groups in total. The molecule has 8 nitrogen and oxygen atoms in total. The Morgan fingerprint density at radius 1 is 0.640 bits per heavy atom. The molecule has 0 amide bonds. The van der Waals surface area contributed by atoms with Crippen molar-refractivity contribution < 1.29 is 23.2 Å². The molecule has 2 aromatic carbocycles. The summed E-state index contributed by atoms with van der Waals surface area (Å²) in [7, 11) is 0. The molecule has 0 unspecified atom stereocenters. The quantitative estimate of drug-likeness (QED) is 0.486.